The van der Waals surface area contributed by atoms with E-state index in [4.69, 9.17) is 16.3 Å². The predicted octanol–water partition coefficient (Wildman–Crippen LogP) is 4.20. The van der Waals surface area contributed by atoms with E-state index in [0.29, 0.717) is 51.1 Å². The molecule has 0 saturated heterocycles. The maximum absolute atomic E-state index is 13.1. The standard InChI is InChI=1S/C31H39ClN2O6S/c32-24-8-10-25-21(15-24)5-4-12-30(25)18-34-17-23-6-9-26(23)31(37,19-35)13-2-1-3-14-41(38,39)33-29(36)22-7-11-28(40-20-30)27(34)16-22/h7-8,10-11,15-16,23,26,35,37H,1-6,9,12-14,17-20H2,(H,33,36)/t23-,26+,30-,31-/m0/s1. The first kappa shape index (κ1) is 28.8. The number of nitrogens with zero attached hydrogens (tertiary/aromatic N) is 1. The molecule has 8 nitrogen and oxygen atoms in total. The van der Waals surface area contributed by atoms with Gasteiger partial charge in [0.15, 0.2) is 0 Å². The van der Waals surface area contributed by atoms with Crippen LogP contribution in [-0.2, 0) is 21.9 Å². The molecule has 2 heterocycles. The van der Waals surface area contributed by atoms with Gasteiger partial charge in [-0.25, -0.2) is 13.1 Å². The van der Waals surface area contributed by atoms with Gasteiger partial charge in [-0.05, 0) is 98.2 Å². The highest BCUT2D eigenvalue weighted by Crippen LogP contribution is 2.48. The van der Waals surface area contributed by atoms with Crippen LogP contribution in [0.2, 0.25) is 5.02 Å². The summed E-state index contributed by atoms with van der Waals surface area (Å²) in [4.78, 5) is 15.4. The molecular formula is C31H39ClN2O6S. The zero-order chi connectivity index (χ0) is 28.8. The van der Waals surface area contributed by atoms with E-state index in [-0.39, 0.29) is 35.2 Å². The van der Waals surface area contributed by atoms with E-state index >= 15 is 0 Å². The largest absolute Gasteiger partial charge is 0.490 e. The summed E-state index contributed by atoms with van der Waals surface area (Å²) in [5, 5.41) is 22.6. The molecular weight excluding hydrogens is 564 g/mol. The van der Waals surface area contributed by atoms with Crippen molar-refractivity contribution >= 4 is 33.2 Å². The molecule has 0 aromatic heterocycles. The quantitative estimate of drug-likeness (QED) is 0.448. The molecule has 0 unspecified atom stereocenters. The number of aliphatic hydroxyl groups excluding tert-OH is 1. The minimum atomic E-state index is -3.82. The summed E-state index contributed by atoms with van der Waals surface area (Å²) >= 11 is 6.37. The lowest BCUT2D eigenvalue weighted by atomic mass is 9.63. The van der Waals surface area contributed by atoms with Crippen LogP contribution in [0.15, 0.2) is 36.4 Å². The van der Waals surface area contributed by atoms with Crippen molar-refractivity contribution in [2.45, 2.75) is 68.8 Å². The van der Waals surface area contributed by atoms with Gasteiger partial charge in [0.1, 0.15) is 5.75 Å². The van der Waals surface area contributed by atoms with Gasteiger partial charge >= 0.3 is 0 Å². The van der Waals surface area contributed by atoms with Crippen molar-refractivity contribution in [2.24, 2.45) is 11.8 Å². The van der Waals surface area contributed by atoms with Crippen molar-refractivity contribution in [3.63, 3.8) is 0 Å². The highest BCUT2D eigenvalue weighted by atomic mass is 35.5. The van der Waals surface area contributed by atoms with Crippen molar-refractivity contribution in [1.82, 2.24) is 4.72 Å². The Kier molecular flexibility index (Phi) is 7.76. The number of hydrogen-bond acceptors (Lipinski definition) is 7. The van der Waals surface area contributed by atoms with Crippen molar-refractivity contribution in [3.8, 4) is 5.75 Å². The van der Waals surface area contributed by atoms with Gasteiger partial charge in [0, 0.05) is 29.1 Å². The van der Waals surface area contributed by atoms with Crippen molar-refractivity contribution in [3.05, 3.63) is 58.1 Å². The number of nitrogens with one attached hydrogen (secondary N) is 1. The molecule has 3 N–H and O–H groups in total. The first-order chi connectivity index (χ1) is 19.6. The minimum absolute atomic E-state index is 0.0587. The van der Waals surface area contributed by atoms with Gasteiger partial charge < -0.3 is 19.8 Å². The number of halogens is 1. The molecule has 10 heteroatoms. The molecule has 4 aliphatic rings. The summed E-state index contributed by atoms with van der Waals surface area (Å²) in [5.74, 6) is -0.0654. The van der Waals surface area contributed by atoms with E-state index in [2.05, 4.69) is 21.8 Å². The van der Waals surface area contributed by atoms with E-state index in [1.54, 1.807) is 18.2 Å². The fourth-order valence-corrected chi connectivity index (χ4v) is 8.85. The van der Waals surface area contributed by atoms with Crippen molar-refractivity contribution in [2.75, 3.05) is 37.0 Å². The third kappa shape index (κ3) is 5.58. The number of carbonyl (C=O) groups excluding carboxylic acids is 1. The number of sulfonamides is 1. The number of rotatable bonds is 1. The Labute approximate surface area is 247 Å². The second-order valence-corrected chi connectivity index (χ2v) is 14.8. The van der Waals surface area contributed by atoms with E-state index < -0.39 is 21.5 Å². The zero-order valence-corrected chi connectivity index (χ0v) is 24.9. The fourth-order valence-electron chi connectivity index (χ4n) is 7.57. The van der Waals surface area contributed by atoms with Crippen molar-refractivity contribution in [1.29, 1.82) is 0 Å². The Hall–Kier alpha value is -2.33. The lowest BCUT2D eigenvalue weighted by Crippen LogP contribution is -2.54. The van der Waals surface area contributed by atoms with Crippen LogP contribution in [0.25, 0.3) is 0 Å². The lowest BCUT2D eigenvalue weighted by Gasteiger charge is -2.49. The number of aliphatic hydroxyl groups is 2. The summed E-state index contributed by atoms with van der Waals surface area (Å²) in [6.45, 7) is 1.44. The number of fused-ring (bicyclic) bond motifs is 4. The summed E-state index contributed by atoms with van der Waals surface area (Å²) < 4.78 is 34.1. The number of carbonyl (C=O) groups is 1. The molecule has 1 amide bonds. The molecule has 6 rings (SSSR count). The zero-order valence-electron chi connectivity index (χ0n) is 23.3. The van der Waals surface area contributed by atoms with Crippen LogP contribution in [0.4, 0.5) is 5.69 Å². The smallest absolute Gasteiger partial charge is 0.264 e. The van der Waals surface area contributed by atoms with Gasteiger partial charge in [0.05, 0.1) is 30.3 Å². The van der Waals surface area contributed by atoms with Crippen LogP contribution in [0.3, 0.4) is 0 Å². The molecule has 2 aromatic rings. The van der Waals surface area contributed by atoms with Crippen LogP contribution in [0.5, 0.6) is 5.75 Å². The second kappa shape index (κ2) is 11.1. The summed E-state index contributed by atoms with van der Waals surface area (Å²) in [7, 11) is -3.82. The Morgan fingerprint density at radius 2 is 1.93 bits per heavy atom. The van der Waals surface area contributed by atoms with Crippen LogP contribution in [-0.4, -0.2) is 62.2 Å². The number of ether oxygens (including phenoxy) is 1. The molecule has 2 aromatic carbocycles. The van der Waals surface area contributed by atoms with E-state index in [9.17, 15) is 23.4 Å². The minimum Gasteiger partial charge on any atom is -0.490 e. The molecule has 2 aliphatic carbocycles. The number of benzene rings is 2. The normalized spacial score (nSPS) is 31.6. The number of amides is 1. The molecule has 1 spiro atoms. The topological polar surface area (TPSA) is 116 Å². The molecule has 222 valence electrons. The SMILES string of the molecule is O=C1NS(=O)(=O)CCCCC[C@](O)(CO)[C@@H]2CC[C@H]2CN2C[C@@]3(CCCc4cc(Cl)ccc43)COc3ccc1cc32. The highest BCUT2D eigenvalue weighted by Gasteiger charge is 2.48. The monoisotopic (exact) mass is 602 g/mol. The van der Waals surface area contributed by atoms with Gasteiger partial charge in [0.2, 0.25) is 10.0 Å². The Balaban J connectivity index is 1.42. The summed E-state index contributed by atoms with van der Waals surface area (Å²) in [6.07, 6.45) is 6.65. The van der Waals surface area contributed by atoms with Gasteiger partial charge in [-0.3, -0.25) is 4.79 Å². The second-order valence-electron chi connectivity index (χ2n) is 12.6. The lowest BCUT2D eigenvalue weighted by molar-refractivity contribution is -0.117. The number of hydrogen-bond donors (Lipinski definition) is 3. The van der Waals surface area contributed by atoms with Gasteiger partial charge in [-0.15, -0.1) is 0 Å². The maximum atomic E-state index is 13.1. The van der Waals surface area contributed by atoms with Crippen molar-refractivity contribution < 1.29 is 28.2 Å². The summed E-state index contributed by atoms with van der Waals surface area (Å²) in [5.41, 5.74) is 1.97. The Morgan fingerprint density at radius 3 is 2.71 bits per heavy atom. The average molecular weight is 603 g/mol. The number of aryl methyl sites for hydroxylation is 1. The molecule has 1 fully saturated rings. The molecule has 4 atom stereocenters. The first-order valence-electron chi connectivity index (χ1n) is 14.8. The van der Waals surface area contributed by atoms with Gasteiger partial charge in [0.25, 0.3) is 5.91 Å². The van der Waals surface area contributed by atoms with E-state index in [1.165, 1.54) is 11.1 Å². The molecule has 2 aliphatic heterocycles. The van der Waals surface area contributed by atoms with E-state index in [0.717, 1.165) is 42.8 Å². The third-order valence-corrected chi connectivity index (χ3v) is 11.5. The van der Waals surface area contributed by atoms with E-state index in [1.807, 2.05) is 6.07 Å². The Bertz CT molecular complexity index is 1430. The van der Waals surface area contributed by atoms with Crippen LogP contribution < -0.4 is 14.4 Å². The molecule has 41 heavy (non-hydrogen) atoms. The number of anilines is 1. The van der Waals surface area contributed by atoms with Crippen LogP contribution in [0, 0.1) is 11.8 Å². The van der Waals surface area contributed by atoms with Gasteiger partial charge in [-0.2, -0.15) is 0 Å². The van der Waals surface area contributed by atoms with Gasteiger partial charge in [-0.1, -0.05) is 30.5 Å². The molecule has 2 bridgehead atoms. The molecule has 0 radical (unpaired) electrons. The average Bonchev–Trinajstić information content (AvgIpc) is 3.07. The first-order valence-corrected chi connectivity index (χ1v) is 16.8. The maximum Gasteiger partial charge on any atom is 0.264 e. The Morgan fingerprint density at radius 1 is 1.07 bits per heavy atom. The predicted molar refractivity (Wildman–Crippen MR) is 158 cm³/mol. The summed E-state index contributed by atoms with van der Waals surface area (Å²) in [6, 6.07) is 11.2. The van der Waals surface area contributed by atoms with Crippen LogP contribution in [0.1, 0.15) is 72.9 Å². The fraction of sp³-hybridized carbons (Fsp3) is 0.581. The highest BCUT2D eigenvalue weighted by molar-refractivity contribution is 7.90. The van der Waals surface area contributed by atoms with Crippen LogP contribution >= 0.6 is 11.6 Å². The third-order valence-electron chi connectivity index (χ3n) is 9.91. The molecule has 1 saturated carbocycles.